The average molecular weight is 989 g/mol. The van der Waals surface area contributed by atoms with Crippen molar-refractivity contribution in [1.29, 1.82) is 0 Å². The van der Waals surface area contributed by atoms with E-state index < -0.39 is 83.7 Å². The second-order valence-electron chi connectivity index (χ2n) is 7.41. The maximum absolute atomic E-state index is 10.6. The van der Waals surface area contributed by atoms with Gasteiger partial charge in [0.15, 0.2) is 0 Å². The quantitative estimate of drug-likeness (QED) is 0.155. The Hall–Kier alpha value is 0.593. The number of hydrogen-bond acceptors (Lipinski definition) is 15. The third-order valence-corrected chi connectivity index (χ3v) is 9.58. The summed E-state index contributed by atoms with van der Waals surface area (Å²) in [6, 6.07) is 10.8. The molecular formula is C18H15Ce2O18P3S3. The zero-order valence-corrected chi connectivity index (χ0v) is 32.4. The van der Waals surface area contributed by atoms with Gasteiger partial charge in [-0.25, -0.2) is 0 Å². The maximum Gasteiger partial charge on any atom is 3.00 e. The van der Waals surface area contributed by atoms with Gasteiger partial charge in [0.05, 0.1) is 14.7 Å². The average Bonchev–Trinajstić information content (AvgIpc) is 2.82. The van der Waals surface area contributed by atoms with Crippen LogP contribution in [0, 0.1) is 83.5 Å². The molecule has 0 unspecified atom stereocenters. The van der Waals surface area contributed by atoms with E-state index in [0.717, 1.165) is 54.6 Å². The van der Waals surface area contributed by atoms with Crippen molar-refractivity contribution < 1.29 is 165 Å². The molecule has 0 fully saturated rings. The first-order valence-corrected chi connectivity index (χ1v) is 18.9. The summed E-state index contributed by atoms with van der Waals surface area (Å²) in [5, 5.41) is -2.02. The van der Waals surface area contributed by atoms with Gasteiger partial charge < -0.3 is 43.1 Å². The molecule has 0 bridgehead atoms. The molecule has 44 heavy (non-hydrogen) atoms. The molecule has 0 aliphatic rings. The SMILES string of the molecule is O=P([O-])([O-])c1cccc(S(=O)(=O)O)c1.O=P([O-])([O-])c1cccc(S(=O)(=O)O)c1.O=P([O-])([O-])c1cccc(S(=O)(=O)O)c1.[Ce+3].[Ce+3]. The van der Waals surface area contributed by atoms with Gasteiger partial charge in [0, 0.05) is 0 Å². The first-order chi connectivity index (χ1) is 18.6. The van der Waals surface area contributed by atoms with Gasteiger partial charge in [-0.2, -0.15) is 25.3 Å². The standard InChI is InChI=1S/3C6H7O6PS.2Ce/c3*7-13(8,9)5-2-1-3-6(4-5)14(10,11)12;;/h3*1-4H,(H2,7,8,9)(H,10,11,12);;/q;;;2*+3/p-6. The fourth-order valence-corrected chi connectivity index (χ4v) is 5.98. The van der Waals surface area contributed by atoms with E-state index in [0.29, 0.717) is 18.2 Å². The van der Waals surface area contributed by atoms with Crippen molar-refractivity contribution in [2.75, 3.05) is 0 Å². The molecule has 2 radical (unpaired) electrons. The van der Waals surface area contributed by atoms with Crippen molar-refractivity contribution in [2.24, 2.45) is 0 Å². The minimum Gasteiger partial charge on any atom is -0.807 e. The fourth-order valence-electron chi connectivity index (χ4n) is 2.44. The van der Waals surface area contributed by atoms with Crippen LogP contribution in [-0.2, 0) is 44.0 Å². The normalized spacial score (nSPS) is 12.2. The van der Waals surface area contributed by atoms with E-state index >= 15 is 0 Å². The molecule has 0 aliphatic heterocycles. The van der Waals surface area contributed by atoms with Gasteiger partial charge in [-0.3, -0.25) is 13.7 Å². The molecule has 0 aliphatic carbocycles. The smallest absolute Gasteiger partial charge is 0.807 e. The molecule has 3 aromatic rings. The van der Waals surface area contributed by atoms with Crippen LogP contribution in [0.1, 0.15) is 0 Å². The van der Waals surface area contributed by atoms with Gasteiger partial charge in [0.2, 0.25) is 0 Å². The molecular weight excluding hydrogens is 974 g/mol. The largest absolute Gasteiger partial charge is 3.00 e. The van der Waals surface area contributed by atoms with Gasteiger partial charge in [-0.05, 0) is 75.1 Å². The Kier molecular flexibility index (Phi) is 18.9. The molecule has 0 saturated heterocycles. The van der Waals surface area contributed by atoms with Crippen molar-refractivity contribution in [1.82, 2.24) is 0 Å². The molecule has 26 heteroatoms. The van der Waals surface area contributed by atoms with Crippen LogP contribution in [0.15, 0.2) is 87.5 Å². The molecule has 0 aromatic heterocycles. The Balaban J connectivity index is 0. The first-order valence-electron chi connectivity index (χ1n) is 9.94. The molecule has 0 saturated carbocycles. The minimum absolute atomic E-state index is 0. The summed E-state index contributed by atoms with van der Waals surface area (Å²) < 4.78 is 121. The Morgan fingerprint density at radius 2 is 0.614 bits per heavy atom. The van der Waals surface area contributed by atoms with Crippen LogP contribution in [-0.4, -0.2) is 38.9 Å². The van der Waals surface area contributed by atoms with E-state index in [2.05, 4.69) is 0 Å². The number of benzene rings is 3. The predicted octanol–water partition coefficient (Wildman–Crippen LogP) is -4.58. The molecule has 236 valence electrons. The zero-order valence-electron chi connectivity index (χ0n) is 21.0. The topological polar surface area (TPSA) is 353 Å². The summed E-state index contributed by atoms with van der Waals surface area (Å²) in [4.78, 5) is 61.2. The zero-order chi connectivity index (χ0) is 32.9. The molecule has 0 spiro atoms. The van der Waals surface area contributed by atoms with Crippen LogP contribution in [0.3, 0.4) is 0 Å². The van der Waals surface area contributed by atoms with Crippen LogP contribution in [0.5, 0.6) is 0 Å². The second-order valence-corrected chi connectivity index (χ2v) is 16.2. The summed E-state index contributed by atoms with van der Waals surface area (Å²) in [6.07, 6.45) is 0. The third-order valence-electron chi connectivity index (χ3n) is 4.30. The second kappa shape index (κ2) is 17.8. The van der Waals surface area contributed by atoms with Gasteiger partial charge >= 0.3 is 83.5 Å². The number of rotatable bonds is 6. The molecule has 3 rings (SSSR count). The van der Waals surface area contributed by atoms with Crippen LogP contribution in [0.4, 0.5) is 0 Å². The van der Waals surface area contributed by atoms with Gasteiger partial charge in [-0.15, -0.1) is 0 Å². The van der Waals surface area contributed by atoms with Crippen molar-refractivity contribution in [3.63, 3.8) is 0 Å². The summed E-state index contributed by atoms with van der Waals surface area (Å²) in [5.41, 5.74) is 0. The summed E-state index contributed by atoms with van der Waals surface area (Å²) >= 11 is 0. The third kappa shape index (κ3) is 16.6. The van der Waals surface area contributed by atoms with Crippen LogP contribution < -0.4 is 45.3 Å². The Labute approximate surface area is 317 Å². The Morgan fingerprint density at radius 3 is 0.750 bits per heavy atom. The Morgan fingerprint density at radius 1 is 0.432 bits per heavy atom. The van der Waals surface area contributed by atoms with Crippen LogP contribution >= 0.6 is 22.8 Å². The molecule has 0 atom stereocenters. The minimum atomic E-state index is -4.99. The van der Waals surface area contributed by atoms with Crippen LogP contribution in [0.2, 0.25) is 0 Å². The molecule has 3 aromatic carbocycles. The van der Waals surface area contributed by atoms with Gasteiger partial charge in [0.25, 0.3) is 30.4 Å². The van der Waals surface area contributed by atoms with E-state index in [1.54, 1.807) is 0 Å². The van der Waals surface area contributed by atoms with E-state index in [4.69, 9.17) is 13.7 Å². The molecule has 0 heterocycles. The number of hydrogen-bond donors (Lipinski definition) is 3. The van der Waals surface area contributed by atoms with E-state index in [1.807, 2.05) is 0 Å². The summed E-state index contributed by atoms with van der Waals surface area (Å²) in [5.74, 6) is 0. The van der Waals surface area contributed by atoms with Crippen molar-refractivity contribution in [3.8, 4) is 0 Å². The van der Waals surface area contributed by atoms with E-state index in [1.165, 1.54) is 0 Å². The summed E-state index contributed by atoms with van der Waals surface area (Å²) in [7, 11) is -28.4. The van der Waals surface area contributed by atoms with Crippen molar-refractivity contribution in [3.05, 3.63) is 72.8 Å². The molecule has 18 nitrogen and oxygen atoms in total. The van der Waals surface area contributed by atoms with Gasteiger partial charge in [-0.1, -0.05) is 36.4 Å². The fraction of sp³-hybridized carbons (Fsp3) is 0. The van der Waals surface area contributed by atoms with Gasteiger partial charge in [0.1, 0.15) is 0 Å². The van der Waals surface area contributed by atoms with E-state index in [-0.39, 0.29) is 83.5 Å². The molecule has 3 N–H and O–H groups in total. The maximum atomic E-state index is 10.6. The Bertz CT molecular complexity index is 1690. The monoisotopic (exact) mass is 988 g/mol. The van der Waals surface area contributed by atoms with E-state index in [9.17, 15) is 68.3 Å². The van der Waals surface area contributed by atoms with Crippen molar-refractivity contribution >= 4 is 69.1 Å². The first kappa shape index (κ1) is 46.7. The predicted molar refractivity (Wildman–Crippen MR) is 130 cm³/mol. The van der Waals surface area contributed by atoms with Crippen molar-refractivity contribution in [2.45, 2.75) is 14.7 Å². The van der Waals surface area contributed by atoms with Crippen LogP contribution in [0.25, 0.3) is 0 Å². The molecule has 0 amide bonds. The summed E-state index contributed by atoms with van der Waals surface area (Å²) in [6.45, 7) is 0.